The number of carbonyl (C=O) groups excluding carboxylic acids is 1. The molecule has 0 radical (unpaired) electrons. The quantitative estimate of drug-likeness (QED) is 0.754. The van der Waals surface area contributed by atoms with Crippen LogP contribution >= 0.6 is 11.6 Å². The number of nitrogens with one attached hydrogen (secondary N) is 2. The monoisotopic (exact) mass is 277 g/mol. The second-order valence-corrected chi connectivity index (χ2v) is 4.41. The largest absolute Gasteiger partial charge is 0.306 e. The zero-order chi connectivity index (χ0) is 13.8. The van der Waals surface area contributed by atoms with Crippen molar-refractivity contribution in [1.82, 2.24) is 4.98 Å². The fourth-order valence-corrected chi connectivity index (χ4v) is 1.70. The van der Waals surface area contributed by atoms with Crippen molar-refractivity contribution in [3.05, 3.63) is 52.7 Å². The molecule has 2 rings (SSSR count). The summed E-state index contributed by atoms with van der Waals surface area (Å²) in [5, 5.41) is 12.0. The molecule has 2 aromatic rings. The van der Waals surface area contributed by atoms with Crippen LogP contribution in [0.15, 0.2) is 36.5 Å². The van der Waals surface area contributed by atoms with Crippen molar-refractivity contribution in [2.75, 3.05) is 10.8 Å². The van der Waals surface area contributed by atoms with Crippen molar-refractivity contribution in [3.8, 4) is 0 Å². The zero-order valence-corrected chi connectivity index (χ0v) is 10.9. The molecular weight excluding hydrogens is 266 g/mol. The molecule has 5 nitrogen and oxygen atoms in total. The number of aromatic nitrogens is 1. The van der Waals surface area contributed by atoms with E-state index in [2.05, 4.69) is 10.3 Å². The van der Waals surface area contributed by atoms with Crippen molar-refractivity contribution in [3.63, 3.8) is 0 Å². The van der Waals surface area contributed by atoms with Crippen LogP contribution in [-0.2, 0) is 0 Å². The Balaban J connectivity index is 2.24. The van der Waals surface area contributed by atoms with E-state index in [-0.39, 0.29) is 11.3 Å². The maximum Gasteiger partial charge on any atom is 0.259 e. The summed E-state index contributed by atoms with van der Waals surface area (Å²) < 4.78 is 0. The predicted molar refractivity (Wildman–Crippen MR) is 73.8 cm³/mol. The number of rotatable bonds is 3. The molecule has 0 saturated carbocycles. The van der Waals surface area contributed by atoms with Crippen molar-refractivity contribution in [1.29, 1.82) is 0 Å². The van der Waals surface area contributed by atoms with Crippen molar-refractivity contribution in [2.24, 2.45) is 0 Å². The maximum absolute atomic E-state index is 12.1. The van der Waals surface area contributed by atoms with Gasteiger partial charge in [-0.05, 0) is 36.8 Å². The molecule has 0 aliphatic heterocycles. The van der Waals surface area contributed by atoms with Gasteiger partial charge in [-0.25, -0.2) is 4.98 Å². The van der Waals surface area contributed by atoms with Crippen LogP contribution in [0.25, 0.3) is 0 Å². The Kier molecular flexibility index (Phi) is 3.99. The Bertz CT molecular complexity index is 599. The third kappa shape index (κ3) is 3.21. The Labute approximate surface area is 115 Å². The summed E-state index contributed by atoms with van der Waals surface area (Å²) in [6.45, 7) is 1.91. The van der Waals surface area contributed by atoms with Gasteiger partial charge in [0.2, 0.25) is 0 Å². The molecule has 1 aromatic heterocycles. The van der Waals surface area contributed by atoms with E-state index in [4.69, 9.17) is 16.8 Å². The SMILES string of the molecule is Cc1ccc(NC(=O)c2cc(Cl)ccc2NO)nc1. The van der Waals surface area contributed by atoms with Crippen LogP contribution in [0.4, 0.5) is 11.5 Å². The number of hydrogen-bond acceptors (Lipinski definition) is 4. The fourth-order valence-electron chi connectivity index (χ4n) is 1.53. The van der Waals surface area contributed by atoms with Gasteiger partial charge in [0.25, 0.3) is 5.91 Å². The van der Waals surface area contributed by atoms with E-state index in [1.807, 2.05) is 18.5 Å². The maximum atomic E-state index is 12.1. The molecule has 98 valence electrons. The second kappa shape index (κ2) is 5.69. The number of anilines is 2. The fraction of sp³-hybridized carbons (Fsp3) is 0.0769. The molecule has 0 unspecified atom stereocenters. The highest BCUT2D eigenvalue weighted by atomic mass is 35.5. The molecular formula is C13H12ClN3O2. The minimum absolute atomic E-state index is 0.234. The summed E-state index contributed by atoms with van der Waals surface area (Å²) in [5.74, 6) is 0.0230. The van der Waals surface area contributed by atoms with Gasteiger partial charge in [0.1, 0.15) is 5.82 Å². The van der Waals surface area contributed by atoms with Gasteiger partial charge in [-0.15, -0.1) is 0 Å². The number of benzene rings is 1. The first-order valence-electron chi connectivity index (χ1n) is 5.54. The molecule has 3 N–H and O–H groups in total. The number of nitrogens with zero attached hydrogens (tertiary/aromatic N) is 1. The predicted octanol–water partition coefficient (Wildman–Crippen LogP) is 3.10. The Morgan fingerprint density at radius 3 is 2.74 bits per heavy atom. The summed E-state index contributed by atoms with van der Waals surface area (Å²) in [7, 11) is 0. The minimum Gasteiger partial charge on any atom is -0.306 e. The van der Waals surface area contributed by atoms with Crippen LogP contribution in [-0.4, -0.2) is 16.1 Å². The molecule has 0 saturated heterocycles. The van der Waals surface area contributed by atoms with Gasteiger partial charge in [0.05, 0.1) is 11.3 Å². The number of pyridine rings is 1. The molecule has 1 heterocycles. The molecule has 1 amide bonds. The van der Waals surface area contributed by atoms with E-state index in [0.717, 1.165) is 5.56 Å². The molecule has 0 fully saturated rings. The third-order valence-corrected chi connectivity index (χ3v) is 2.73. The molecule has 0 spiro atoms. The average Bonchev–Trinajstić information content (AvgIpc) is 2.41. The highest BCUT2D eigenvalue weighted by molar-refractivity contribution is 6.31. The highest BCUT2D eigenvalue weighted by Crippen LogP contribution is 2.21. The smallest absolute Gasteiger partial charge is 0.259 e. The lowest BCUT2D eigenvalue weighted by Crippen LogP contribution is -2.15. The van der Waals surface area contributed by atoms with Gasteiger partial charge < -0.3 is 5.32 Å². The molecule has 6 heteroatoms. The Morgan fingerprint density at radius 1 is 1.32 bits per heavy atom. The molecule has 0 aliphatic carbocycles. The molecule has 0 atom stereocenters. The van der Waals surface area contributed by atoms with Crippen molar-refractivity contribution >= 4 is 29.0 Å². The van der Waals surface area contributed by atoms with Gasteiger partial charge >= 0.3 is 0 Å². The molecule has 0 aliphatic rings. The van der Waals surface area contributed by atoms with Crippen molar-refractivity contribution in [2.45, 2.75) is 6.92 Å². The van der Waals surface area contributed by atoms with E-state index in [1.54, 1.807) is 18.3 Å². The zero-order valence-electron chi connectivity index (χ0n) is 10.1. The number of aryl methyl sites for hydroxylation is 1. The number of amides is 1. The van der Waals surface area contributed by atoms with Gasteiger partial charge in [0.15, 0.2) is 0 Å². The summed E-state index contributed by atoms with van der Waals surface area (Å²) in [6, 6.07) is 8.08. The lowest BCUT2D eigenvalue weighted by molar-refractivity contribution is 0.102. The highest BCUT2D eigenvalue weighted by Gasteiger charge is 2.12. The van der Waals surface area contributed by atoms with Gasteiger partial charge in [0, 0.05) is 11.2 Å². The molecule has 0 bridgehead atoms. The van der Waals surface area contributed by atoms with Gasteiger partial charge in [-0.1, -0.05) is 17.7 Å². The van der Waals surface area contributed by atoms with Crippen LogP contribution in [0.3, 0.4) is 0 Å². The first-order valence-corrected chi connectivity index (χ1v) is 5.91. The second-order valence-electron chi connectivity index (χ2n) is 3.98. The summed E-state index contributed by atoms with van der Waals surface area (Å²) in [6.07, 6.45) is 1.65. The van der Waals surface area contributed by atoms with Gasteiger partial charge in [-0.2, -0.15) is 0 Å². The van der Waals surface area contributed by atoms with Crippen LogP contribution in [0.2, 0.25) is 5.02 Å². The average molecular weight is 278 g/mol. The first kappa shape index (κ1) is 13.3. The Morgan fingerprint density at radius 2 is 2.11 bits per heavy atom. The Hall–Kier alpha value is -2.11. The van der Waals surface area contributed by atoms with E-state index < -0.39 is 5.91 Å². The van der Waals surface area contributed by atoms with Crippen LogP contribution in [0.1, 0.15) is 15.9 Å². The van der Waals surface area contributed by atoms with Crippen LogP contribution in [0, 0.1) is 6.92 Å². The van der Waals surface area contributed by atoms with E-state index in [0.29, 0.717) is 10.8 Å². The first-order chi connectivity index (χ1) is 9.10. The van der Waals surface area contributed by atoms with Crippen molar-refractivity contribution < 1.29 is 10.0 Å². The van der Waals surface area contributed by atoms with Crippen LogP contribution in [0.5, 0.6) is 0 Å². The molecule has 19 heavy (non-hydrogen) atoms. The summed E-state index contributed by atoms with van der Waals surface area (Å²) in [4.78, 5) is 16.1. The normalized spacial score (nSPS) is 10.1. The van der Waals surface area contributed by atoms with Crippen LogP contribution < -0.4 is 10.8 Å². The molecule has 1 aromatic carbocycles. The topological polar surface area (TPSA) is 74.2 Å². The lowest BCUT2D eigenvalue weighted by atomic mass is 10.1. The number of halogens is 1. The number of carbonyl (C=O) groups is 1. The van der Waals surface area contributed by atoms with E-state index in [1.165, 1.54) is 12.1 Å². The summed E-state index contributed by atoms with van der Waals surface area (Å²) in [5.41, 5.74) is 3.46. The van der Waals surface area contributed by atoms with Gasteiger partial charge in [-0.3, -0.25) is 15.5 Å². The lowest BCUT2D eigenvalue weighted by Gasteiger charge is -2.09. The van der Waals surface area contributed by atoms with E-state index >= 15 is 0 Å². The third-order valence-electron chi connectivity index (χ3n) is 2.50. The standard InChI is InChI=1S/C13H12ClN3O2/c1-8-2-5-12(15-7-8)16-13(18)10-6-9(14)3-4-11(10)17-19/h2-7,17,19H,1H3,(H,15,16,18). The number of hydrogen-bond donors (Lipinski definition) is 3. The summed E-state index contributed by atoms with van der Waals surface area (Å²) >= 11 is 5.84. The van der Waals surface area contributed by atoms with E-state index in [9.17, 15) is 4.79 Å². The minimum atomic E-state index is -0.407.